The Balaban J connectivity index is 1.56. The van der Waals surface area contributed by atoms with Gasteiger partial charge in [-0.15, -0.1) is 0 Å². The number of halogens is 2. The highest BCUT2D eigenvalue weighted by Crippen LogP contribution is 2.32. The Morgan fingerprint density at radius 1 is 0.963 bits per heavy atom. The molecule has 1 atom stereocenters. The van der Waals surface area contributed by atoms with Gasteiger partial charge in [0.15, 0.2) is 0 Å². The number of hydrogen-bond acceptors (Lipinski definition) is 2. The Hall–Kier alpha value is -3.28. The number of ketones is 1. The zero-order chi connectivity index (χ0) is 19.0. The summed E-state index contributed by atoms with van der Waals surface area (Å²) in [7, 11) is 0. The van der Waals surface area contributed by atoms with E-state index in [0.29, 0.717) is 24.2 Å². The molecule has 0 spiro atoms. The van der Waals surface area contributed by atoms with Crippen LogP contribution in [0.5, 0.6) is 0 Å². The number of anilines is 1. The lowest BCUT2D eigenvalue weighted by molar-refractivity contribution is -0.117. The van der Waals surface area contributed by atoms with Gasteiger partial charge in [-0.05, 0) is 30.7 Å². The summed E-state index contributed by atoms with van der Waals surface area (Å²) in [5, 5.41) is 2.56. The molecule has 1 N–H and O–H groups in total. The third-order valence-corrected chi connectivity index (χ3v) is 4.73. The van der Waals surface area contributed by atoms with E-state index in [2.05, 4.69) is 5.32 Å². The first-order valence-corrected chi connectivity index (χ1v) is 8.59. The Kier molecular flexibility index (Phi) is 4.32. The van der Waals surface area contributed by atoms with Crippen LogP contribution in [0.4, 0.5) is 14.5 Å². The molecule has 27 heavy (non-hydrogen) atoms. The van der Waals surface area contributed by atoms with Crippen LogP contribution in [-0.2, 0) is 11.3 Å². The second kappa shape index (κ2) is 6.79. The van der Waals surface area contributed by atoms with Gasteiger partial charge in [0.1, 0.15) is 11.6 Å². The fraction of sp³-hybridized carbons (Fsp3) is 0.143. The lowest BCUT2D eigenvalue weighted by Gasteiger charge is -2.11. The van der Waals surface area contributed by atoms with Gasteiger partial charge in [-0.25, -0.2) is 8.78 Å². The topological polar surface area (TPSA) is 51.1 Å². The van der Waals surface area contributed by atoms with Crippen molar-refractivity contribution in [1.29, 1.82) is 0 Å². The molecule has 1 aliphatic heterocycles. The van der Waals surface area contributed by atoms with Gasteiger partial charge < -0.3 is 9.88 Å². The zero-order valence-electron chi connectivity index (χ0n) is 14.3. The maximum Gasteiger partial charge on any atom is 0.233 e. The average Bonchev–Trinajstić information content (AvgIpc) is 3.22. The lowest BCUT2D eigenvalue weighted by atomic mass is 10.0. The van der Waals surface area contributed by atoms with Crippen molar-refractivity contribution < 1.29 is 18.4 Å². The molecule has 4 nitrogen and oxygen atoms in total. The molecule has 2 aromatic carbocycles. The Bertz CT molecular complexity index is 1010. The molecule has 1 amide bonds. The smallest absolute Gasteiger partial charge is 0.233 e. The number of aromatic nitrogens is 1. The molecular weight excluding hydrogens is 350 g/mol. The highest BCUT2D eigenvalue weighted by Gasteiger charge is 2.32. The maximum absolute atomic E-state index is 13.3. The number of nitrogens with one attached hydrogen (secondary N) is 1. The van der Waals surface area contributed by atoms with E-state index in [4.69, 9.17) is 0 Å². The summed E-state index contributed by atoms with van der Waals surface area (Å²) in [5.41, 5.74) is 1.91. The van der Waals surface area contributed by atoms with Crippen molar-refractivity contribution in [2.24, 2.45) is 0 Å². The monoisotopic (exact) mass is 366 g/mol. The second-order valence-corrected chi connectivity index (χ2v) is 6.48. The summed E-state index contributed by atoms with van der Waals surface area (Å²) in [6.45, 7) is 0.534. The third kappa shape index (κ3) is 3.26. The summed E-state index contributed by atoms with van der Waals surface area (Å²) >= 11 is 0. The quantitative estimate of drug-likeness (QED) is 0.706. The summed E-state index contributed by atoms with van der Waals surface area (Å²) in [4.78, 5) is 25.3. The van der Waals surface area contributed by atoms with Crippen molar-refractivity contribution in [2.45, 2.75) is 18.9 Å². The van der Waals surface area contributed by atoms with E-state index >= 15 is 0 Å². The highest BCUT2D eigenvalue weighted by molar-refractivity contribution is 6.08. The van der Waals surface area contributed by atoms with Crippen LogP contribution in [0.3, 0.4) is 0 Å². The molecular formula is C21H16F2N2O2. The molecule has 0 radical (unpaired) electrons. The minimum Gasteiger partial charge on any atom is -0.341 e. The van der Waals surface area contributed by atoms with Gasteiger partial charge in [-0.2, -0.15) is 0 Å². The van der Waals surface area contributed by atoms with Crippen LogP contribution in [0.15, 0.2) is 60.7 Å². The van der Waals surface area contributed by atoms with E-state index in [9.17, 15) is 18.4 Å². The summed E-state index contributed by atoms with van der Waals surface area (Å²) in [6, 6.07) is 15.3. The van der Waals surface area contributed by atoms with Crippen LogP contribution in [0, 0.1) is 11.6 Å². The van der Waals surface area contributed by atoms with Crippen molar-refractivity contribution >= 4 is 17.4 Å². The molecule has 0 saturated heterocycles. The zero-order valence-corrected chi connectivity index (χ0v) is 14.3. The highest BCUT2D eigenvalue weighted by atomic mass is 19.1. The minimum absolute atomic E-state index is 0.0723. The van der Waals surface area contributed by atoms with E-state index in [1.807, 2.05) is 10.6 Å². The van der Waals surface area contributed by atoms with Crippen molar-refractivity contribution in [2.75, 3.05) is 5.32 Å². The van der Waals surface area contributed by atoms with Crippen LogP contribution in [0.2, 0.25) is 0 Å². The number of carbonyl (C=O) groups is 2. The van der Waals surface area contributed by atoms with Crippen LogP contribution in [0.25, 0.3) is 0 Å². The van der Waals surface area contributed by atoms with Gasteiger partial charge in [0, 0.05) is 29.6 Å². The summed E-state index contributed by atoms with van der Waals surface area (Å²) in [6.07, 6.45) is 0.523. The van der Waals surface area contributed by atoms with E-state index < -0.39 is 17.6 Å². The number of benzene rings is 2. The molecule has 0 aliphatic carbocycles. The molecule has 0 fully saturated rings. The first-order chi connectivity index (χ1) is 13.0. The van der Waals surface area contributed by atoms with Gasteiger partial charge in [0.25, 0.3) is 0 Å². The first kappa shape index (κ1) is 17.1. The number of amides is 1. The van der Waals surface area contributed by atoms with Gasteiger partial charge >= 0.3 is 0 Å². The number of fused-ring (bicyclic) bond motifs is 1. The molecule has 0 unspecified atom stereocenters. The van der Waals surface area contributed by atoms with Crippen molar-refractivity contribution in [3.8, 4) is 0 Å². The van der Waals surface area contributed by atoms with Crippen LogP contribution < -0.4 is 5.32 Å². The fourth-order valence-electron chi connectivity index (χ4n) is 3.50. The number of hydrogen-bond donors (Lipinski definition) is 1. The Morgan fingerprint density at radius 3 is 2.37 bits per heavy atom. The average molecular weight is 366 g/mol. The molecule has 0 saturated carbocycles. The number of carbonyl (C=O) groups excluding carboxylic acids is 2. The van der Waals surface area contributed by atoms with Gasteiger partial charge in [0.05, 0.1) is 11.6 Å². The fourth-order valence-corrected chi connectivity index (χ4v) is 3.50. The first-order valence-electron chi connectivity index (χ1n) is 8.59. The standard InChI is InChI=1S/C21H16F2N2O2/c22-14-10-15(23)12-16(11-14)24-21(27)17-8-9-25-18(17)6-7-19(25)20(26)13-4-2-1-3-5-13/h1-7,10-12,17H,8-9H2,(H,24,27)/t17-/m1/s1. The molecule has 6 heteroatoms. The maximum atomic E-state index is 13.3. The second-order valence-electron chi connectivity index (χ2n) is 6.48. The van der Waals surface area contributed by atoms with E-state index in [0.717, 1.165) is 23.9 Å². The molecule has 2 heterocycles. The number of nitrogens with zero attached hydrogens (tertiary/aromatic N) is 1. The normalized spacial score (nSPS) is 15.4. The molecule has 4 rings (SSSR count). The van der Waals surface area contributed by atoms with Crippen LogP contribution in [0.1, 0.15) is 34.1 Å². The van der Waals surface area contributed by atoms with Crippen molar-refractivity contribution in [1.82, 2.24) is 4.57 Å². The van der Waals surface area contributed by atoms with Gasteiger partial charge in [-0.3, -0.25) is 9.59 Å². The molecule has 1 aliphatic rings. The van der Waals surface area contributed by atoms with Crippen LogP contribution >= 0.6 is 0 Å². The number of rotatable bonds is 4. The van der Waals surface area contributed by atoms with Gasteiger partial charge in [0.2, 0.25) is 11.7 Å². The predicted molar refractivity (Wildman–Crippen MR) is 96.7 cm³/mol. The SMILES string of the molecule is O=C(c1ccccc1)c1ccc2n1CC[C@H]2C(=O)Nc1cc(F)cc(F)c1. The van der Waals surface area contributed by atoms with Crippen molar-refractivity contribution in [3.05, 3.63) is 89.2 Å². The molecule has 1 aromatic heterocycles. The summed E-state index contributed by atoms with van der Waals surface area (Å²) < 4.78 is 28.5. The van der Waals surface area contributed by atoms with E-state index in [1.54, 1.807) is 36.4 Å². The molecule has 3 aromatic rings. The summed E-state index contributed by atoms with van der Waals surface area (Å²) in [5.74, 6) is -2.44. The predicted octanol–water partition coefficient (Wildman–Crippen LogP) is 4.12. The third-order valence-electron chi connectivity index (χ3n) is 4.73. The Labute approximate surface area is 154 Å². The van der Waals surface area contributed by atoms with Gasteiger partial charge in [-0.1, -0.05) is 30.3 Å². The Morgan fingerprint density at radius 2 is 1.67 bits per heavy atom. The molecule has 0 bridgehead atoms. The molecule has 136 valence electrons. The van der Waals surface area contributed by atoms with E-state index in [1.165, 1.54) is 0 Å². The van der Waals surface area contributed by atoms with Crippen LogP contribution in [-0.4, -0.2) is 16.3 Å². The van der Waals surface area contributed by atoms with Crippen molar-refractivity contribution in [3.63, 3.8) is 0 Å². The van der Waals surface area contributed by atoms with E-state index in [-0.39, 0.29) is 17.4 Å². The minimum atomic E-state index is -0.754. The largest absolute Gasteiger partial charge is 0.341 e. The lowest BCUT2D eigenvalue weighted by Crippen LogP contribution is -2.19.